The molecular formula is C6H9F3N2O. The Bertz CT molecular complexity index is 180. The van der Waals surface area contributed by atoms with Gasteiger partial charge in [0.25, 0.3) is 0 Å². The van der Waals surface area contributed by atoms with E-state index in [4.69, 9.17) is 0 Å². The number of halogens is 3. The summed E-state index contributed by atoms with van der Waals surface area (Å²) in [7, 11) is 0. The second-order valence-electron chi connectivity index (χ2n) is 2.62. The molecule has 0 aliphatic carbocycles. The highest BCUT2D eigenvalue weighted by atomic mass is 19.4. The van der Waals surface area contributed by atoms with Crippen LogP contribution in [0.5, 0.6) is 0 Å². The molecule has 70 valence electrons. The average Bonchev–Trinajstić information content (AvgIpc) is 1.91. The third-order valence-corrected chi connectivity index (χ3v) is 1.57. The molecule has 1 aliphatic heterocycles. The maximum absolute atomic E-state index is 11.8. The number of carbonyl (C=O) groups excluding carboxylic acids is 1. The molecule has 0 spiro atoms. The smallest absolute Gasteiger partial charge is 0.353 e. The molecule has 0 aromatic heterocycles. The summed E-state index contributed by atoms with van der Waals surface area (Å²) in [5.74, 6) is -0.571. The van der Waals surface area contributed by atoms with Crippen molar-refractivity contribution < 1.29 is 18.0 Å². The van der Waals surface area contributed by atoms with Gasteiger partial charge in [-0.3, -0.25) is 4.79 Å². The van der Waals surface area contributed by atoms with E-state index in [-0.39, 0.29) is 0 Å². The summed E-state index contributed by atoms with van der Waals surface area (Å²) in [5, 5.41) is 4.85. The van der Waals surface area contributed by atoms with E-state index in [1.54, 1.807) is 0 Å². The fourth-order valence-electron chi connectivity index (χ4n) is 1.04. The zero-order valence-electron chi connectivity index (χ0n) is 6.24. The number of alkyl halides is 3. The topological polar surface area (TPSA) is 41.1 Å². The standard InChI is InChI=1S/C6H9F3N2O/c7-6(8,9)3-4-5(12)11-2-1-10-4/h4,10H,1-3H2,(H,11,12)/t4-/m1/s1. The molecule has 6 heteroatoms. The van der Waals surface area contributed by atoms with Crippen LogP contribution in [0.3, 0.4) is 0 Å². The van der Waals surface area contributed by atoms with E-state index in [1.165, 1.54) is 0 Å². The Morgan fingerprint density at radius 3 is 2.58 bits per heavy atom. The zero-order valence-corrected chi connectivity index (χ0v) is 6.24. The largest absolute Gasteiger partial charge is 0.391 e. The summed E-state index contributed by atoms with van der Waals surface area (Å²) >= 11 is 0. The first-order valence-electron chi connectivity index (χ1n) is 3.57. The van der Waals surface area contributed by atoms with Crippen LogP contribution in [0.4, 0.5) is 13.2 Å². The van der Waals surface area contributed by atoms with Gasteiger partial charge in [0.15, 0.2) is 0 Å². The highest BCUT2D eigenvalue weighted by Gasteiger charge is 2.36. The molecule has 0 saturated carbocycles. The Balaban J connectivity index is 2.45. The van der Waals surface area contributed by atoms with Crippen molar-refractivity contribution in [1.82, 2.24) is 10.6 Å². The van der Waals surface area contributed by atoms with Crippen molar-refractivity contribution in [3.63, 3.8) is 0 Å². The summed E-state index contributed by atoms with van der Waals surface area (Å²) in [4.78, 5) is 10.8. The van der Waals surface area contributed by atoms with E-state index in [0.29, 0.717) is 13.1 Å². The van der Waals surface area contributed by atoms with E-state index >= 15 is 0 Å². The van der Waals surface area contributed by atoms with Gasteiger partial charge in [-0.05, 0) is 0 Å². The summed E-state index contributed by atoms with van der Waals surface area (Å²) in [6.45, 7) is 0.791. The molecule has 12 heavy (non-hydrogen) atoms. The Morgan fingerprint density at radius 1 is 1.42 bits per heavy atom. The number of carbonyl (C=O) groups is 1. The molecule has 0 aromatic rings. The lowest BCUT2D eigenvalue weighted by Crippen LogP contribution is -2.54. The molecule has 0 radical (unpaired) electrons. The summed E-state index contributed by atoms with van der Waals surface area (Å²) < 4.78 is 35.4. The van der Waals surface area contributed by atoms with Crippen molar-refractivity contribution in [3.05, 3.63) is 0 Å². The van der Waals surface area contributed by atoms with E-state index in [9.17, 15) is 18.0 Å². The molecule has 1 aliphatic rings. The van der Waals surface area contributed by atoms with Crippen LogP contribution in [0, 0.1) is 0 Å². The number of piperazine rings is 1. The van der Waals surface area contributed by atoms with Crippen molar-refractivity contribution in [2.75, 3.05) is 13.1 Å². The van der Waals surface area contributed by atoms with Crippen LogP contribution in [-0.4, -0.2) is 31.2 Å². The Hall–Kier alpha value is -0.780. The summed E-state index contributed by atoms with van der Waals surface area (Å²) in [6, 6.07) is -1.11. The minimum atomic E-state index is -4.29. The van der Waals surface area contributed by atoms with Crippen LogP contribution in [0.2, 0.25) is 0 Å². The molecule has 1 heterocycles. The van der Waals surface area contributed by atoms with E-state index in [0.717, 1.165) is 0 Å². The van der Waals surface area contributed by atoms with Gasteiger partial charge in [0.2, 0.25) is 5.91 Å². The lowest BCUT2D eigenvalue weighted by atomic mass is 10.1. The highest BCUT2D eigenvalue weighted by Crippen LogP contribution is 2.21. The first-order chi connectivity index (χ1) is 5.49. The maximum atomic E-state index is 11.8. The molecule has 0 unspecified atom stereocenters. The van der Waals surface area contributed by atoms with Gasteiger partial charge in [0.05, 0.1) is 12.5 Å². The van der Waals surface area contributed by atoms with Crippen LogP contribution in [0.1, 0.15) is 6.42 Å². The highest BCUT2D eigenvalue weighted by molar-refractivity contribution is 5.82. The predicted molar refractivity (Wildman–Crippen MR) is 35.5 cm³/mol. The SMILES string of the molecule is O=C1NCCN[C@@H]1CC(F)(F)F. The predicted octanol–water partition coefficient (Wildman–Crippen LogP) is 0.0268. The third kappa shape index (κ3) is 2.69. The number of amides is 1. The lowest BCUT2D eigenvalue weighted by molar-refractivity contribution is -0.150. The molecule has 1 rings (SSSR count). The van der Waals surface area contributed by atoms with Crippen LogP contribution in [0.25, 0.3) is 0 Å². The van der Waals surface area contributed by atoms with Gasteiger partial charge in [0.1, 0.15) is 0 Å². The van der Waals surface area contributed by atoms with E-state index in [1.807, 2.05) is 0 Å². The Morgan fingerprint density at radius 2 is 2.08 bits per heavy atom. The number of nitrogens with one attached hydrogen (secondary N) is 2. The van der Waals surface area contributed by atoms with Crippen LogP contribution >= 0.6 is 0 Å². The van der Waals surface area contributed by atoms with Crippen LogP contribution in [0.15, 0.2) is 0 Å². The fourth-order valence-corrected chi connectivity index (χ4v) is 1.04. The summed E-state index contributed by atoms with van der Waals surface area (Å²) in [5.41, 5.74) is 0. The maximum Gasteiger partial charge on any atom is 0.391 e. The Kier molecular flexibility index (Phi) is 2.56. The first-order valence-corrected chi connectivity index (χ1v) is 3.57. The molecule has 2 N–H and O–H groups in total. The third-order valence-electron chi connectivity index (χ3n) is 1.57. The molecular weight excluding hydrogens is 173 g/mol. The lowest BCUT2D eigenvalue weighted by Gasteiger charge is -2.24. The molecule has 3 nitrogen and oxygen atoms in total. The first kappa shape index (κ1) is 9.31. The van der Waals surface area contributed by atoms with Gasteiger partial charge in [-0.1, -0.05) is 0 Å². The van der Waals surface area contributed by atoms with Crippen LogP contribution < -0.4 is 10.6 Å². The van der Waals surface area contributed by atoms with Gasteiger partial charge in [0, 0.05) is 13.1 Å². The van der Waals surface area contributed by atoms with Gasteiger partial charge in [-0.2, -0.15) is 13.2 Å². The Labute approximate surface area is 67.3 Å². The van der Waals surface area contributed by atoms with Crippen molar-refractivity contribution in [3.8, 4) is 0 Å². The van der Waals surface area contributed by atoms with Crippen molar-refractivity contribution in [2.45, 2.75) is 18.6 Å². The molecule has 0 bridgehead atoms. The van der Waals surface area contributed by atoms with Crippen molar-refractivity contribution >= 4 is 5.91 Å². The normalized spacial score (nSPS) is 25.2. The minimum Gasteiger partial charge on any atom is -0.353 e. The van der Waals surface area contributed by atoms with Crippen molar-refractivity contribution in [2.24, 2.45) is 0 Å². The monoisotopic (exact) mass is 182 g/mol. The molecule has 0 aromatic carbocycles. The number of hydrogen-bond acceptors (Lipinski definition) is 2. The van der Waals surface area contributed by atoms with Crippen molar-refractivity contribution in [1.29, 1.82) is 0 Å². The number of rotatable bonds is 1. The molecule has 1 amide bonds. The van der Waals surface area contributed by atoms with Gasteiger partial charge >= 0.3 is 6.18 Å². The van der Waals surface area contributed by atoms with Gasteiger partial charge < -0.3 is 10.6 Å². The quantitative estimate of drug-likeness (QED) is 0.600. The fraction of sp³-hybridized carbons (Fsp3) is 0.833. The second-order valence-corrected chi connectivity index (χ2v) is 2.62. The van der Waals surface area contributed by atoms with Gasteiger partial charge in [-0.25, -0.2) is 0 Å². The number of hydrogen-bond donors (Lipinski definition) is 2. The second kappa shape index (κ2) is 3.30. The van der Waals surface area contributed by atoms with E-state index < -0.39 is 24.5 Å². The minimum absolute atomic E-state index is 0.395. The van der Waals surface area contributed by atoms with E-state index in [2.05, 4.69) is 10.6 Å². The molecule has 1 fully saturated rings. The summed E-state index contributed by atoms with van der Waals surface area (Å²) in [6.07, 6.45) is -5.38. The van der Waals surface area contributed by atoms with Crippen LogP contribution in [-0.2, 0) is 4.79 Å². The van der Waals surface area contributed by atoms with Gasteiger partial charge in [-0.15, -0.1) is 0 Å². The molecule has 1 saturated heterocycles. The zero-order chi connectivity index (χ0) is 9.19. The average molecular weight is 182 g/mol. The molecule has 1 atom stereocenters.